The van der Waals surface area contributed by atoms with Gasteiger partial charge in [-0.05, 0) is 24.8 Å². The molecule has 7 heteroatoms. The number of carboxylic acids is 1. The molecule has 0 aliphatic heterocycles. The third-order valence-corrected chi connectivity index (χ3v) is 6.82. The van der Waals surface area contributed by atoms with Crippen molar-refractivity contribution >= 4 is 37.4 Å². The second kappa shape index (κ2) is 5.08. The van der Waals surface area contributed by atoms with Crippen molar-refractivity contribution in [2.45, 2.75) is 17.7 Å². The van der Waals surface area contributed by atoms with E-state index in [2.05, 4.69) is 0 Å². The molecule has 112 valence electrons. The Balaban J connectivity index is 2.17. The summed E-state index contributed by atoms with van der Waals surface area (Å²) in [6.45, 7) is 0.450. The van der Waals surface area contributed by atoms with E-state index in [-0.39, 0.29) is 9.77 Å². The molecular formula is C14H15NO4S2. The molecule has 0 bridgehead atoms. The lowest BCUT2D eigenvalue weighted by atomic mass is 10.2. The molecule has 0 spiro atoms. The van der Waals surface area contributed by atoms with Gasteiger partial charge in [0.05, 0.1) is 0 Å². The van der Waals surface area contributed by atoms with Crippen molar-refractivity contribution in [1.82, 2.24) is 4.31 Å². The largest absolute Gasteiger partial charge is 0.477 e. The summed E-state index contributed by atoms with van der Waals surface area (Å²) in [5, 5.41) is 9.82. The molecule has 1 aromatic heterocycles. The third kappa shape index (κ3) is 2.56. The summed E-state index contributed by atoms with van der Waals surface area (Å²) in [5.74, 6) is -0.794. The summed E-state index contributed by atoms with van der Waals surface area (Å²) in [4.78, 5) is 11.2. The van der Waals surface area contributed by atoms with Crippen LogP contribution in [0.4, 0.5) is 0 Å². The molecule has 0 saturated heterocycles. The molecule has 1 aliphatic carbocycles. The van der Waals surface area contributed by atoms with Crippen LogP contribution < -0.4 is 0 Å². The van der Waals surface area contributed by atoms with E-state index in [9.17, 15) is 18.3 Å². The summed E-state index contributed by atoms with van der Waals surface area (Å²) in [6.07, 6.45) is 2.08. The highest BCUT2D eigenvalue weighted by Crippen LogP contribution is 2.37. The molecule has 0 atom stereocenters. The van der Waals surface area contributed by atoms with Gasteiger partial charge in [-0.15, -0.1) is 11.3 Å². The van der Waals surface area contributed by atoms with Crippen LogP contribution >= 0.6 is 11.3 Å². The molecule has 1 aliphatic rings. The number of nitrogens with zero attached hydrogens (tertiary/aromatic N) is 1. The summed E-state index contributed by atoms with van der Waals surface area (Å²) in [5.41, 5.74) is 0. The highest BCUT2D eigenvalue weighted by atomic mass is 32.2. The number of thiophene rings is 1. The fraction of sp³-hybridized carbons (Fsp3) is 0.357. The SMILES string of the molecule is CN(CC1CC1)S(=O)(=O)c1c(C(=O)O)sc2ccccc12. The zero-order valence-electron chi connectivity index (χ0n) is 11.4. The van der Waals surface area contributed by atoms with Gasteiger partial charge in [0.1, 0.15) is 9.77 Å². The molecule has 0 radical (unpaired) electrons. The first-order chi connectivity index (χ1) is 9.91. The van der Waals surface area contributed by atoms with Gasteiger partial charge in [-0.25, -0.2) is 17.5 Å². The number of hydrogen-bond acceptors (Lipinski definition) is 4. The predicted octanol–water partition coefficient (Wildman–Crippen LogP) is 2.63. The number of carboxylic acid groups (broad SMARTS) is 1. The lowest BCUT2D eigenvalue weighted by Gasteiger charge is -2.17. The van der Waals surface area contributed by atoms with Gasteiger partial charge in [0.25, 0.3) is 0 Å². The number of carbonyl (C=O) groups is 1. The molecule has 1 N–H and O–H groups in total. The van der Waals surface area contributed by atoms with Crippen molar-refractivity contribution in [2.75, 3.05) is 13.6 Å². The van der Waals surface area contributed by atoms with E-state index in [1.807, 2.05) is 0 Å². The van der Waals surface area contributed by atoms with E-state index in [0.29, 0.717) is 22.5 Å². The Labute approximate surface area is 126 Å². The van der Waals surface area contributed by atoms with Crippen LogP contribution in [0.25, 0.3) is 10.1 Å². The van der Waals surface area contributed by atoms with Crippen molar-refractivity contribution in [3.63, 3.8) is 0 Å². The van der Waals surface area contributed by atoms with E-state index in [1.54, 1.807) is 24.3 Å². The van der Waals surface area contributed by atoms with Crippen molar-refractivity contribution < 1.29 is 18.3 Å². The van der Waals surface area contributed by atoms with Crippen LogP contribution in [0.15, 0.2) is 29.2 Å². The standard InChI is InChI=1S/C14H15NO4S2/c1-15(8-9-6-7-9)21(18,19)13-10-4-2-3-5-11(10)20-12(13)14(16)17/h2-5,9H,6-8H2,1H3,(H,16,17). The van der Waals surface area contributed by atoms with E-state index in [0.717, 1.165) is 24.2 Å². The maximum atomic E-state index is 12.8. The second-order valence-corrected chi connectivity index (χ2v) is 8.32. The Hall–Kier alpha value is -1.44. The van der Waals surface area contributed by atoms with Gasteiger partial charge in [-0.3, -0.25) is 0 Å². The van der Waals surface area contributed by atoms with Crippen LogP contribution in [0.5, 0.6) is 0 Å². The Morgan fingerprint density at radius 1 is 1.38 bits per heavy atom. The van der Waals surface area contributed by atoms with Crippen molar-refractivity contribution in [1.29, 1.82) is 0 Å². The highest BCUT2D eigenvalue weighted by Gasteiger charge is 2.34. The van der Waals surface area contributed by atoms with Gasteiger partial charge in [-0.2, -0.15) is 0 Å². The molecule has 5 nitrogen and oxygen atoms in total. The fourth-order valence-electron chi connectivity index (χ4n) is 2.34. The number of benzene rings is 1. The molecule has 0 amide bonds. The van der Waals surface area contributed by atoms with Gasteiger partial charge < -0.3 is 5.11 Å². The van der Waals surface area contributed by atoms with E-state index in [1.165, 1.54) is 11.4 Å². The monoisotopic (exact) mass is 325 g/mol. The van der Waals surface area contributed by atoms with Crippen LogP contribution in [0.2, 0.25) is 0 Å². The first-order valence-corrected chi connectivity index (χ1v) is 8.88. The molecule has 1 aromatic carbocycles. The quantitative estimate of drug-likeness (QED) is 0.917. The molecule has 0 unspecified atom stereocenters. The minimum absolute atomic E-state index is 0.0706. The van der Waals surface area contributed by atoms with Crippen molar-refractivity contribution in [3.05, 3.63) is 29.1 Å². The van der Waals surface area contributed by atoms with Gasteiger partial charge >= 0.3 is 5.97 Å². The molecule has 2 aromatic rings. The number of aromatic carboxylic acids is 1. The number of rotatable bonds is 5. The lowest BCUT2D eigenvalue weighted by Crippen LogP contribution is -2.29. The van der Waals surface area contributed by atoms with Crippen molar-refractivity contribution in [2.24, 2.45) is 5.92 Å². The average molecular weight is 325 g/mol. The van der Waals surface area contributed by atoms with Crippen LogP contribution in [-0.4, -0.2) is 37.4 Å². The van der Waals surface area contributed by atoms with E-state index >= 15 is 0 Å². The van der Waals surface area contributed by atoms with Gasteiger partial charge in [0.15, 0.2) is 0 Å². The number of hydrogen-bond donors (Lipinski definition) is 1. The van der Waals surface area contributed by atoms with Gasteiger partial charge in [0, 0.05) is 23.7 Å². The normalized spacial score (nSPS) is 15.7. The maximum absolute atomic E-state index is 12.8. The Morgan fingerprint density at radius 3 is 2.67 bits per heavy atom. The minimum Gasteiger partial charge on any atom is -0.477 e. The molecule has 1 fully saturated rings. The smallest absolute Gasteiger partial charge is 0.347 e. The number of fused-ring (bicyclic) bond motifs is 1. The van der Waals surface area contributed by atoms with E-state index in [4.69, 9.17) is 0 Å². The Kier molecular flexibility index (Phi) is 3.51. The van der Waals surface area contributed by atoms with E-state index < -0.39 is 16.0 Å². The summed E-state index contributed by atoms with van der Waals surface area (Å²) in [6, 6.07) is 6.90. The topological polar surface area (TPSA) is 74.7 Å². The highest BCUT2D eigenvalue weighted by molar-refractivity contribution is 7.89. The molecule has 3 rings (SSSR count). The zero-order chi connectivity index (χ0) is 15.2. The maximum Gasteiger partial charge on any atom is 0.347 e. The predicted molar refractivity (Wildman–Crippen MR) is 81.3 cm³/mol. The summed E-state index contributed by atoms with van der Waals surface area (Å²) in [7, 11) is -2.27. The lowest BCUT2D eigenvalue weighted by molar-refractivity contribution is 0.0698. The average Bonchev–Trinajstić information content (AvgIpc) is 3.15. The molecular weight excluding hydrogens is 310 g/mol. The Bertz CT molecular complexity index is 805. The summed E-state index contributed by atoms with van der Waals surface area (Å²) < 4.78 is 27.5. The molecule has 1 saturated carbocycles. The van der Waals surface area contributed by atoms with Gasteiger partial charge in [0.2, 0.25) is 10.0 Å². The molecule has 1 heterocycles. The second-order valence-electron chi connectivity index (χ2n) is 5.29. The fourth-order valence-corrected chi connectivity index (χ4v) is 5.28. The van der Waals surface area contributed by atoms with Crippen molar-refractivity contribution in [3.8, 4) is 0 Å². The van der Waals surface area contributed by atoms with Gasteiger partial charge in [-0.1, -0.05) is 18.2 Å². The Morgan fingerprint density at radius 2 is 2.05 bits per heavy atom. The summed E-state index contributed by atoms with van der Waals surface area (Å²) >= 11 is 1.01. The third-order valence-electron chi connectivity index (χ3n) is 3.62. The van der Waals surface area contributed by atoms with Crippen LogP contribution in [0.1, 0.15) is 22.5 Å². The van der Waals surface area contributed by atoms with Crippen LogP contribution in [0, 0.1) is 5.92 Å². The molecule has 21 heavy (non-hydrogen) atoms. The number of sulfonamides is 1. The van der Waals surface area contributed by atoms with Crippen LogP contribution in [-0.2, 0) is 10.0 Å². The minimum atomic E-state index is -3.79. The first kappa shape index (κ1) is 14.5. The first-order valence-electron chi connectivity index (χ1n) is 6.62. The zero-order valence-corrected chi connectivity index (χ0v) is 13.1. The van der Waals surface area contributed by atoms with Crippen LogP contribution in [0.3, 0.4) is 0 Å².